The van der Waals surface area contributed by atoms with E-state index in [0.717, 1.165) is 23.9 Å². The average Bonchev–Trinajstić information content (AvgIpc) is 2.44. The normalized spacial score (nSPS) is 12.0. The number of nitrogens with one attached hydrogen (secondary N) is 3. The molecule has 7 nitrogen and oxygen atoms in total. The van der Waals surface area contributed by atoms with Crippen LogP contribution in [0.3, 0.4) is 0 Å². The molecule has 0 aliphatic rings. The van der Waals surface area contributed by atoms with Crippen LogP contribution in [0.5, 0.6) is 0 Å². The smallest absolute Gasteiger partial charge is 0.323 e. The van der Waals surface area contributed by atoms with E-state index in [1.807, 2.05) is 10.1 Å². The number of carbonyl (C=O) groups excluding carboxylic acids is 1. The van der Waals surface area contributed by atoms with Crippen molar-refractivity contribution in [2.24, 2.45) is 0 Å². The van der Waals surface area contributed by atoms with Crippen molar-refractivity contribution in [2.45, 2.75) is 17.2 Å². The average molecular weight is 328 g/mol. The Bertz CT molecular complexity index is 821. The van der Waals surface area contributed by atoms with Gasteiger partial charge in [-0.1, -0.05) is 11.8 Å². The van der Waals surface area contributed by atoms with Gasteiger partial charge in [0, 0.05) is 6.07 Å². The van der Waals surface area contributed by atoms with E-state index in [1.165, 1.54) is 6.92 Å². The molecule has 0 saturated heterocycles. The van der Waals surface area contributed by atoms with Crippen molar-refractivity contribution < 1.29 is 13.6 Å². The van der Waals surface area contributed by atoms with Gasteiger partial charge in [0.05, 0.1) is 10.9 Å². The fourth-order valence-electron chi connectivity index (χ4n) is 1.46. The number of hydrogen-bond donors (Lipinski definition) is 3. The van der Waals surface area contributed by atoms with Crippen molar-refractivity contribution in [1.29, 1.82) is 0 Å². The van der Waals surface area contributed by atoms with Crippen molar-refractivity contribution in [2.75, 3.05) is 5.32 Å². The second-order valence-corrected chi connectivity index (χ2v) is 5.52. The summed E-state index contributed by atoms with van der Waals surface area (Å²) in [5, 5.41) is 6.91. The summed E-state index contributed by atoms with van der Waals surface area (Å²) < 4.78 is 26.2. The first-order valence-corrected chi connectivity index (χ1v) is 6.86. The van der Waals surface area contributed by atoms with E-state index in [2.05, 4.69) is 10.4 Å². The van der Waals surface area contributed by atoms with Gasteiger partial charge in [-0.3, -0.25) is 14.6 Å². The van der Waals surface area contributed by atoms with Gasteiger partial charge in [0.25, 0.3) is 5.56 Å². The first-order chi connectivity index (χ1) is 10.4. The van der Waals surface area contributed by atoms with Gasteiger partial charge in [-0.25, -0.2) is 18.7 Å². The molecule has 0 radical (unpaired) electrons. The van der Waals surface area contributed by atoms with Gasteiger partial charge in [-0.15, -0.1) is 0 Å². The number of anilines is 1. The third kappa shape index (κ3) is 3.79. The van der Waals surface area contributed by atoms with Crippen molar-refractivity contribution >= 4 is 23.4 Å². The highest BCUT2D eigenvalue weighted by Crippen LogP contribution is 2.20. The molecule has 1 aromatic heterocycles. The number of aromatic amines is 2. The van der Waals surface area contributed by atoms with Gasteiger partial charge in [-0.2, -0.15) is 5.10 Å². The zero-order valence-electron chi connectivity index (χ0n) is 11.1. The lowest BCUT2D eigenvalue weighted by Gasteiger charge is -2.11. The first kappa shape index (κ1) is 15.9. The third-order valence-corrected chi connectivity index (χ3v) is 3.59. The number of nitrogens with zero attached hydrogens (tertiary/aromatic N) is 1. The molecule has 3 N–H and O–H groups in total. The fraction of sp³-hybridized carbons (Fsp3) is 0.167. The van der Waals surface area contributed by atoms with E-state index in [1.54, 1.807) is 0 Å². The molecule has 2 aromatic rings. The molecule has 0 bridgehead atoms. The molecule has 0 aliphatic heterocycles. The van der Waals surface area contributed by atoms with E-state index in [4.69, 9.17) is 0 Å². The number of thioether (sulfide) groups is 1. The summed E-state index contributed by atoms with van der Waals surface area (Å²) in [6.07, 6.45) is 0. The van der Waals surface area contributed by atoms with Crippen LogP contribution in [0, 0.1) is 11.6 Å². The number of aromatic nitrogens is 3. The Kier molecular flexibility index (Phi) is 4.71. The van der Waals surface area contributed by atoms with Crippen LogP contribution >= 0.6 is 11.8 Å². The zero-order valence-corrected chi connectivity index (χ0v) is 12.0. The molecule has 0 aliphatic carbocycles. The molecule has 1 heterocycles. The van der Waals surface area contributed by atoms with E-state index in [-0.39, 0.29) is 10.7 Å². The summed E-state index contributed by atoms with van der Waals surface area (Å²) in [5.41, 5.74) is -1.68. The minimum atomic E-state index is -0.912. The molecule has 2 rings (SSSR count). The summed E-state index contributed by atoms with van der Waals surface area (Å²) in [5.74, 6) is -2.28. The predicted molar refractivity (Wildman–Crippen MR) is 75.8 cm³/mol. The van der Waals surface area contributed by atoms with E-state index in [9.17, 15) is 23.2 Å². The molecule has 1 atom stereocenters. The predicted octanol–water partition coefficient (Wildman–Crippen LogP) is 0.856. The Labute approximate surface area is 126 Å². The second kappa shape index (κ2) is 6.52. The second-order valence-electron chi connectivity index (χ2n) is 4.19. The molecule has 0 fully saturated rings. The number of halogens is 2. The van der Waals surface area contributed by atoms with Crippen LogP contribution in [0.15, 0.2) is 32.8 Å². The highest BCUT2D eigenvalue weighted by molar-refractivity contribution is 8.00. The van der Waals surface area contributed by atoms with Crippen LogP contribution in [-0.2, 0) is 4.79 Å². The Morgan fingerprint density at radius 2 is 2.09 bits per heavy atom. The lowest BCUT2D eigenvalue weighted by atomic mass is 10.3. The van der Waals surface area contributed by atoms with Crippen LogP contribution in [-0.4, -0.2) is 26.3 Å². The van der Waals surface area contributed by atoms with Crippen LogP contribution in [0.4, 0.5) is 14.5 Å². The third-order valence-electron chi connectivity index (χ3n) is 2.53. The summed E-state index contributed by atoms with van der Waals surface area (Å²) in [6.45, 7) is 1.47. The SMILES string of the molecule is CC(Sc1n[nH]c(=O)[nH]c1=O)C(=O)Nc1ccc(F)cc1F. The number of carbonyl (C=O) groups is 1. The Morgan fingerprint density at radius 3 is 2.73 bits per heavy atom. The van der Waals surface area contributed by atoms with Crippen molar-refractivity contribution in [3.63, 3.8) is 0 Å². The quantitative estimate of drug-likeness (QED) is 0.721. The largest absolute Gasteiger partial charge is 0.342 e. The van der Waals surface area contributed by atoms with Gasteiger partial charge >= 0.3 is 5.69 Å². The van der Waals surface area contributed by atoms with Crippen LogP contribution in [0.1, 0.15) is 6.92 Å². The lowest BCUT2D eigenvalue weighted by molar-refractivity contribution is -0.115. The van der Waals surface area contributed by atoms with E-state index >= 15 is 0 Å². The minimum Gasteiger partial charge on any atom is -0.323 e. The van der Waals surface area contributed by atoms with Crippen LogP contribution in [0.25, 0.3) is 0 Å². The highest BCUT2D eigenvalue weighted by Gasteiger charge is 2.18. The Hall–Kier alpha value is -2.49. The van der Waals surface area contributed by atoms with Crippen molar-refractivity contribution in [3.05, 3.63) is 50.7 Å². The molecule has 22 heavy (non-hydrogen) atoms. The van der Waals surface area contributed by atoms with Gasteiger partial charge < -0.3 is 5.32 Å². The first-order valence-electron chi connectivity index (χ1n) is 5.98. The molecule has 116 valence electrons. The van der Waals surface area contributed by atoms with Gasteiger partial charge in [-0.05, 0) is 19.1 Å². The Balaban J connectivity index is 2.09. The van der Waals surface area contributed by atoms with E-state index < -0.39 is 34.0 Å². The van der Waals surface area contributed by atoms with Crippen LogP contribution < -0.4 is 16.6 Å². The fourth-order valence-corrected chi connectivity index (χ4v) is 2.22. The lowest BCUT2D eigenvalue weighted by Crippen LogP contribution is -2.28. The number of amides is 1. The maximum atomic E-state index is 13.4. The number of hydrogen-bond acceptors (Lipinski definition) is 5. The molecule has 0 saturated carbocycles. The Morgan fingerprint density at radius 1 is 1.36 bits per heavy atom. The monoisotopic (exact) mass is 328 g/mol. The number of benzene rings is 1. The topological polar surface area (TPSA) is 108 Å². The standard InChI is InChI=1S/C12H10F2N4O3S/c1-5(22-11-10(20)16-12(21)18-17-11)9(19)15-8-3-2-6(13)4-7(8)14/h2-5H,1H3,(H,15,19)(H2,16,18,20,21). The van der Waals surface area contributed by atoms with Crippen LogP contribution in [0.2, 0.25) is 0 Å². The van der Waals surface area contributed by atoms with E-state index in [0.29, 0.717) is 6.07 Å². The summed E-state index contributed by atoms with van der Waals surface area (Å²) in [6, 6.07) is 2.73. The zero-order chi connectivity index (χ0) is 16.3. The maximum Gasteiger partial charge on any atom is 0.342 e. The van der Waals surface area contributed by atoms with Crippen molar-refractivity contribution in [1.82, 2.24) is 15.2 Å². The highest BCUT2D eigenvalue weighted by atomic mass is 32.2. The van der Waals surface area contributed by atoms with Gasteiger partial charge in [0.1, 0.15) is 11.6 Å². The van der Waals surface area contributed by atoms with Gasteiger partial charge in [0.15, 0.2) is 5.03 Å². The minimum absolute atomic E-state index is 0.109. The van der Waals surface area contributed by atoms with Crippen molar-refractivity contribution in [3.8, 4) is 0 Å². The molecular weight excluding hydrogens is 318 g/mol. The molecule has 1 amide bonds. The molecule has 1 aromatic carbocycles. The number of H-pyrrole nitrogens is 2. The molecule has 0 spiro atoms. The summed E-state index contributed by atoms with van der Waals surface area (Å²) in [4.78, 5) is 36.2. The number of rotatable bonds is 4. The summed E-state index contributed by atoms with van der Waals surface area (Å²) in [7, 11) is 0. The summed E-state index contributed by atoms with van der Waals surface area (Å²) >= 11 is 0.782. The molecular formula is C12H10F2N4O3S. The molecule has 10 heteroatoms. The maximum absolute atomic E-state index is 13.4. The molecule has 1 unspecified atom stereocenters. The van der Waals surface area contributed by atoms with Gasteiger partial charge in [0.2, 0.25) is 5.91 Å².